The maximum absolute atomic E-state index is 13.2. The Hall–Kier alpha value is -3.65. The second-order valence-corrected chi connectivity index (χ2v) is 9.61. The van der Waals surface area contributed by atoms with Crippen LogP contribution in [0.5, 0.6) is 0 Å². The monoisotopic (exact) mass is 491 g/mol. The summed E-state index contributed by atoms with van der Waals surface area (Å²) in [6.07, 6.45) is 0.271. The van der Waals surface area contributed by atoms with Gasteiger partial charge in [0.05, 0.1) is 12.3 Å². The van der Waals surface area contributed by atoms with Crippen molar-refractivity contribution in [3.05, 3.63) is 85.5 Å². The summed E-state index contributed by atoms with van der Waals surface area (Å²) < 4.78 is 4.37. The van der Waals surface area contributed by atoms with Crippen LogP contribution in [-0.4, -0.2) is 30.5 Å². The summed E-state index contributed by atoms with van der Waals surface area (Å²) in [7, 11) is 3.10. The lowest BCUT2D eigenvalue weighted by Crippen LogP contribution is -2.37. The Balaban J connectivity index is 1.58. The van der Waals surface area contributed by atoms with Crippen LogP contribution >= 0.6 is 11.6 Å². The van der Waals surface area contributed by atoms with E-state index < -0.39 is 11.2 Å². The van der Waals surface area contributed by atoms with E-state index in [1.165, 1.54) is 17.2 Å². The quantitative estimate of drug-likeness (QED) is 0.421. The van der Waals surface area contributed by atoms with E-state index in [9.17, 15) is 9.59 Å². The maximum atomic E-state index is 13.2. The van der Waals surface area contributed by atoms with Crippen molar-refractivity contribution in [1.29, 1.82) is 0 Å². The highest BCUT2D eigenvalue weighted by Crippen LogP contribution is 2.27. The minimum atomic E-state index is -0.417. The van der Waals surface area contributed by atoms with E-state index in [0.29, 0.717) is 40.9 Å². The number of imidazole rings is 1. The number of rotatable bonds is 5. The lowest BCUT2D eigenvalue weighted by Gasteiger charge is -2.14. The number of aryl methyl sites for hydroxylation is 1. The van der Waals surface area contributed by atoms with Gasteiger partial charge in [-0.25, -0.2) is 9.78 Å². The van der Waals surface area contributed by atoms with Gasteiger partial charge in [0, 0.05) is 31.1 Å². The molecular weight excluding hydrogens is 466 g/mol. The summed E-state index contributed by atoms with van der Waals surface area (Å²) in [5.74, 6) is 1.00. The van der Waals surface area contributed by atoms with Crippen LogP contribution in [-0.2, 0) is 25.5 Å². The molecule has 9 heteroatoms. The minimum Gasteiger partial charge on any atom is -0.390 e. The molecule has 0 amide bonds. The smallest absolute Gasteiger partial charge is 0.332 e. The van der Waals surface area contributed by atoms with Crippen molar-refractivity contribution < 1.29 is 4.84 Å². The first-order valence-electron chi connectivity index (χ1n) is 11.5. The van der Waals surface area contributed by atoms with E-state index in [4.69, 9.17) is 21.4 Å². The Morgan fingerprint density at radius 1 is 1.00 bits per heavy atom. The molecule has 1 atom stereocenters. The van der Waals surface area contributed by atoms with Crippen molar-refractivity contribution in [2.24, 2.45) is 19.3 Å². The van der Waals surface area contributed by atoms with Crippen LogP contribution in [0.25, 0.3) is 22.6 Å². The zero-order valence-electron chi connectivity index (χ0n) is 20.0. The van der Waals surface area contributed by atoms with Gasteiger partial charge >= 0.3 is 5.69 Å². The normalized spacial score (nSPS) is 15.6. The molecule has 5 rings (SSSR count). The van der Waals surface area contributed by atoms with E-state index in [1.54, 1.807) is 7.05 Å². The highest BCUT2D eigenvalue weighted by Gasteiger charge is 2.27. The second-order valence-electron chi connectivity index (χ2n) is 9.18. The maximum Gasteiger partial charge on any atom is 0.332 e. The molecule has 0 fully saturated rings. The fourth-order valence-corrected chi connectivity index (χ4v) is 4.53. The van der Waals surface area contributed by atoms with Gasteiger partial charge in [0.25, 0.3) is 5.56 Å². The van der Waals surface area contributed by atoms with Crippen molar-refractivity contribution in [2.45, 2.75) is 38.8 Å². The average molecular weight is 492 g/mol. The van der Waals surface area contributed by atoms with Gasteiger partial charge in [-0.2, -0.15) is 0 Å². The van der Waals surface area contributed by atoms with Crippen LogP contribution in [0.2, 0.25) is 5.02 Å². The third-order valence-electron chi connectivity index (χ3n) is 6.48. The fourth-order valence-electron chi connectivity index (χ4n) is 4.40. The first kappa shape index (κ1) is 23.1. The Morgan fingerprint density at radius 3 is 2.31 bits per heavy atom. The van der Waals surface area contributed by atoms with Crippen LogP contribution in [0.1, 0.15) is 37.3 Å². The van der Waals surface area contributed by atoms with Crippen molar-refractivity contribution in [1.82, 2.24) is 18.7 Å². The standard InChI is InChI=1S/C26H26ClN5O3/c1-15(2)16-5-7-18(8-6-16)23-28-24-22(25(33)31(4)26(34)30(24)3)32(23)14-20-13-21(29-35-20)17-9-11-19(27)12-10-17/h5-12,15,20H,13-14H2,1-4H3. The summed E-state index contributed by atoms with van der Waals surface area (Å²) in [4.78, 5) is 36.3. The molecule has 2 aromatic heterocycles. The van der Waals surface area contributed by atoms with Crippen LogP contribution in [0.4, 0.5) is 0 Å². The number of nitrogens with zero attached hydrogens (tertiary/aromatic N) is 5. The Morgan fingerprint density at radius 2 is 1.66 bits per heavy atom. The van der Waals surface area contributed by atoms with Crippen molar-refractivity contribution in [3.8, 4) is 11.4 Å². The number of benzene rings is 2. The number of aromatic nitrogens is 4. The molecule has 0 aliphatic carbocycles. The lowest BCUT2D eigenvalue weighted by atomic mass is 10.0. The average Bonchev–Trinajstić information content (AvgIpc) is 3.47. The molecule has 1 aliphatic rings. The number of fused-ring (bicyclic) bond motifs is 1. The molecule has 0 bridgehead atoms. The predicted octanol–water partition coefficient (Wildman–Crippen LogP) is 4.07. The molecule has 180 valence electrons. The molecule has 0 radical (unpaired) electrons. The molecule has 0 saturated heterocycles. The Labute approximate surface area is 207 Å². The zero-order valence-corrected chi connectivity index (χ0v) is 20.8. The Bertz CT molecular complexity index is 1560. The largest absolute Gasteiger partial charge is 0.390 e. The SMILES string of the molecule is CC(C)c1ccc(-c2nc3c(c(=O)n(C)c(=O)n3C)n2CC2CC(c3ccc(Cl)cc3)=NO2)cc1. The lowest BCUT2D eigenvalue weighted by molar-refractivity contribution is 0.0736. The van der Waals surface area contributed by atoms with Crippen molar-refractivity contribution >= 4 is 28.5 Å². The van der Waals surface area contributed by atoms with Crippen LogP contribution in [0.3, 0.4) is 0 Å². The molecule has 2 aromatic carbocycles. The molecule has 3 heterocycles. The van der Waals surface area contributed by atoms with E-state index >= 15 is 0 Å². The van der Waals surface area contributed by atoms with E-state index in [0.717, 1.165) is 21.4 Å². The minimum absolute atomic E-state index is 0.297. The van der Waals surface area contributed by atoms with E-state index in [-0.39, 0.29) is 6.10 Å². The Kier molecular flexibility index (Phi) is 5.84. The molecule has 4 aromatic rings. The van der Waals surface area contributed by atoms with Gasteiger partial charge in [-0.1, -0.05) is 67.0 Å². The third kappa shape index (κ3) is 4.08. The van der Waals surface area contributed by atoms with Gasteiger partial charge in [-0.05, 0) is 29.2 Å². The summed E-state index contributed by atoms with van der Waals surface area (Å²) in [5, 5.41) is 4.94. The molecule has 8 nitrogen and oxygen atoms in total. The van der Waals surface area contributed by atoms with Crippen LogP contribution < -0.4 is 11.2 Å². The molecule has 0 saturated carbocycles. The summed E-state index contributed by atoms with van der Waals surface area (Å²) in [6, 6.07) is 15.6. The van der Waals surface area contributed by atoms with Gasteiger partial charge in [0.15, 0.2) is 17.3 Å². The molecule has 0 spiro atoms. The third-order valence-corrected chi connectivity index (χ3v) is 6.73. The molecular formula is C26H26ClN5O3. The zero-order chi connectivity index (χ0) is 24.9. The topological polar surface area (TPSA) is 83.4 Å². The van der Waals surface area contributed by atoms with Crippen molar-refractivity contribution in [2.75, 3.05) is 0 Å². The predicted molar refractivity (Wildman–Crippen MR) is 137 cm³/mol. The first-order valence-corrected chi connectivity index (χ1v) is 11.9. The van der Waals surface area contributed by atoms with Gasteiger partial charge in [-0.15, -0.1) is 0 Å². The van der Waals surface area contributed by atoms with Gasteiger partial charge < -0.3 is 9.40 Å². The summed E-state index contributed by atoms with van der Waals surface area (Å²) in [6.45, 7) is 4.63. The van der Waals surface area contributed by atoms with Gasteiger partial charge in [-0.3, -0.25) is 13.9 Å². The van der Waals surface area contributed by atoms with Crippen LogP contribution in [0.15, 0.2) is 63.3 Å². The summed E-state index contributed by atoms with van der Waals surface area (Å²) >= 11 is 6.01. The molecule has 1 aliphatic heterocycles. The number of hydrogen-bond acceptors (Lipinski definition) is 5. The molecule has 1 unspecified atom stereocenters. The number of oxime groups is 1. The number of halogens is 1. The first-order chi connectivity index (χ1) is 16.7. The summed E-state index contributed by atoms with van der Waals surface area (Å²) in [5.41, 5.74) is 3.72. The van der Waals surface area contributed by atoms with E-state index in [1.807, 2.05) is 41.0 Å². The van der Waals surface area contributed by atoms with E-state index in [2.05, 4.69) is 31.1 Å². The fraction of sp³-hybridized carbons (Fsp3) is 0.308. The van der Waals surface area contributed by atoms with Gasteiger partial charge in [0.1, 0.15) is 5.82 Å². The van der Waals surface area contributed by atoms with Crippen molar-refractivity contribution in [3.63, 3.8) is 0 Å². The second kappa shape index (κ2) is 8.85. The highest BCUT2D eigenvalue weighted by molar-refractivity contribution is 6.30. The molecule has 35 heavy (non-hydrogen) atoms. The van der Waals surface area contributed by atoms with Gasteiger partial charge in [0.2, 0.25) is 0 Å². The molecule has 0 N–H and O–H groups in total. The van der Waals surface area contributed by atoms with Crippen LogP contribution in [0, 0.1) is 0 Å². The number of hydrogen-bond donors (Lipinski definition) is 0. The highest BCUT2D eigenvalue weighted by atomic mass is 35.5.